The first-order valence-corrected chi connectivity index (χ1v) is 7.45. The maximum atomic E-state index is 4.91. The van der Waals surface area contributed by atoms with Gasteiger partial charge >= 0.3 is 0 Å². The molecule has 1 atom stereocenters. The molecule has 0 amide bonds. The van der Waals surface area contributed by atoms with E-state index in [2.05, 4.69) is 83.3 Å². The predicted molar refractivity (Wildman–Crippen MR) is 88.9 cm³/mol. The Balaban J connectivity index is 1.98. The highest BCUT2D eigenvalue weighted by Crippen LogP contribution is 2.32. The van der Waals surface area contributed by atoms with E-state index in [1.54, 1.807) is 0 Å². The van der Waals surface area contributed by atoms with Crippen LogP contribution in [0, 0.1) is 0 Å². The quantitative estimate of drug-likeness (QED) is 0.674. The lowest BCUT2D eigenvalue weighted by molar-refractivity contribution is 0.734. The van der Waals surface area contributed by atoms with Crippen LogP contribution < -0.4 is 0 Å². The minimum absolute atomic E-state index is 0.244. The highest BCUT2D eigenvalue weighted by atomic mass is 127. The monoisotopic (exact) mass is 359 g/mol. The second-order valence-corrected chi connectivity index (χ2v) is 5.99. The number of hydrogen-bond donors (Lipinski definition) is 0. The summed E-state index contributed by atoms with van der Waals surface area (Å²) in [5.74, 6) is 0. The Labute approximate surface area is 127 Å². The van der Waals surface area contributed by atoms with Crippen molar-refractivity contribution in [3.05, 3.63) is 81.4 Å². The lowest BCUT2D eigenvalue weighted by Crippen LogP contribution is -2.08. The van der Waals surface area contributed by atoms with Gasteiger partial charge in [0, 0.05) is 6.42 Å². The van der Waals surface area contributed by atoms with Crippen LogP contribution in [0.1, 0.15) is 23.6 Å². The van der Waals surface area contributed by atoms with Crippen molar-refractivity contribution >= 4 is 28.3 Å². The van der Waals surface area contributed by atoms with Crippen LogP contribution in [0.2, 0.25) is 0 Å². The van der Waals surface area contributed by atoms with E-state index in [9.17, 15) is 0 Å². The molecule has 1 aliphatic rings. The molecule has 19 heavy (non-hydrogen) atoms. The molecule has 0 bridgehead atoms. The van der Waals surface area contributed by atoms with E-state index in [4.69, 9.17) is 4.99 Å². The topological polar surface area (TPSA) is 12.4 Å². The van der Waals surface area contributed by atoms with Crippen molar-refractivity contribution in [2.75, 3.05) is 0 Å². The summed E-state index contributed by atoms with van der Waals surface area (Å²) in [5.41, 5.74) is 3.57. The molecule has 2 aromatic carbocycles. The summed E-state index contributed by atoms with van der Waals surface area (Å²) in [6, 6.07) is 21.2. The summed E-state index contributed by atoms with van der Waals surface area (Å²) in [6.45, 7) is 0. The van der Waals surface area contributed by atoms with Gasteiger partial charge in [0.15, 0.2) is 0 Å². The van der Waals surface area contributed by atoms with Crippen LogP contribution in [0.4, 0.5) is 0 Å². The molecule has 3 rings (SSSR count). The normalized spacial score (nSPS) is 18.7. The molecular formula is C17H14IN. The maximum absolute atomic E-state index is 4.91. The van der Waals surface area contributed by atoms with Crippen molar-refractivity contribution in [2.45, 2.75) is 12.5 Å². The predicted octanol–water partition coefficient (Wildman–Crippen LogP) is 4.94. The summed E-state index contributed by atoms with van der Waals surface area (Å²) < 4.78 is 1.36. The van der Waals surface area contributed by atoms with E-state index in [1.807, 2.05) is 6.07 Å². The molecule has 94 valence electrons. The molecule has 0 aromatic heterocycles. The lowest BCUT2D eigenvalue weighted by atomic mass is 9.99. The second kappa shape index (κ2) is 5.70. The number of nitrogens with zero attached hydrogens (tertiary/aromatic N) is 1. The molecular weight excluding hydrogens is 345 g/mol. The van der Waals surface area contributed by atoms with Gasteiger partial charge in [-0.2, -0.15) is 0 Å². The van der Waals surface area contributed by atoms with Crippen molar-refractivity contribution in [3.63, 3.8) is 0 Å². The number of rotatable bonds is 2. The van der Waals surface area contributed by atoms with Crippen LogP contribution in [-0.4, -0.2) is 5.71 Å². The molecule has 0 N–H and O–H groups in total. The number of allylic oxidation sites excluding steroid dienone is 1. The number of halogens is 1. The summed E-state index contributed by atoms with van der Waals surface area (Å²) in [6.07, 6.45) is 3.19. The average Bonchev–Trinajstić information content (AvgIpc) is 2.48. The van der Waals surface area contributed by atoms with E-state index in [1.165, 1.54) is 14.7 Å². The Kier molecular flexibility index (Phi) is 3.78. The van der Waals surface area contributed by atoms with Crippen LogP contribution in [0.3, 0.4) is 0 Å². The van der Waals surface area contributed by atoms with E-state index >= 15 is 0 Å². The fourth-order valence-corrected chi connectivity index (χ4v) is 2.99. The Hall–Kier alpha value is -1.42. The summed E-state index contributed by atoms with van der Waals surface area (Å²) in [7, 11) is 0. The molecule has 0 radical (unpaired) electrons. The van der Waals surface area contributed by atoms with Crippen molar-refractivity contribution in [1.29, 1.82) is 0 Å². The molecule has 0 saturated heterocycles. The third-order valence-corrected chi connectivity index (χ3v) is 3.98. The zero-order valence-corrected chi connectivity index (χ0v) is 12.6. The van der Waals surface area contributed by atoms with Crippen LogP contribution in [0.25, 0.3) is 0 Å². The zero-order valence-electron chi connectivity index (χ0n) is 10.5. The Morgan fingerprint density at radius 3 is 2.21 bits per heavy atom. The van der Waals surface area contributed by atoms with Gasteiger partial charge in [0.05, 0.1) is 11.8 Å². The number of benzene rings is 2. The van der Waals surface area contributed by atoms with Crippen LogP contribution >= 0.6 is 22.6 Å². The number of dihydropyridines is 1. The fourth-order valence-electron chi connectivity index (χ4n) is 2.28. The maximum Gasteiger partial charge on any atom is 0.0801 e. The largest absolute Gasteiger partial charge is 0.276 e. The molecule has 2 heteroatoms. The summed E-state index contributed by atoms with van der Waals surface area (Å²) in [4.78, 5) is 4.91. The fraction of sp³-hybridized carbons (Fsp3) is 0.118. The van der Waals surface area contributed by atoms with Gasteiger partial charge in [-0.15, -0.1) is 0 Å². The van der Waals surface area contributed by atoms with Gasteiger partial charge in [0.1, 0.15) is 0 Å². The van der Waals surface area contributed by atoms with Gasteiger partial charge < -0.3 is 0 Å². The summed E-state index contributed by atoms with van der Waals surface area (Å²) in [5, 5.41) is 0. The minimum atomic E-state index is 0.244. The first-order chi connectivity index (χ1) is 9.33. The lowest BCUT2D eigenvalue weighted by Gasteiger charge is -2.19. The SMILES string of the molecule is IC1=CC(c2ccccc2)=NC(c2ccccc2)C1. The summed E-state index contributed by atoms with van der Waals surface area (Å²) >= 11 is 2.42. The highest BCUT2D eigenvalue weighted by Gasteiger charge is 2.17. The van der Waals surface area contributed by atoms with Crippen LogP contribution in [-0.2, 0) is 0 Å². The van der Waals surface area contributed by atoms with Gasteiger partial charge in [-0.1, -0.05) is 60.7 Å². The van der Waals surface area contributed by atoms with Crippen molar-refractivity contribution in [3.8, 4) is 0 Å². The van der Waals surface area contributed by atoms with Crippen LogP contribution in [0.5, 0.6) is 0 Å². The molecule has 1 heterocycles. The Morgan fingerprint density at radius 1 is 0.895 bits per heavy atom. The second-order valence-electron chi connectivity index (χ2n) is 4.60. The van der Waals surface area contributed by atoms with Crippen molar-refractivity contribution in [2.24, 2.45) is 4.99 Å². The first kappa shape index (κ1) is 12.6. The average molecular weight is 359 g/mol. The van der Waals surface area contributed by atoms with E-state index < -0.39 is 0 Å². The van der Waals surface area contributed by atoms with E-state index in [0.717, 1.165) is 12.1 Å². The number of hydrogen-bond acceptors (Lipinski definition) is 1. The third kappa shape index (κ3) is 2.95. The highest BCUT2D eigenvalue weighted by molar-refractivity contribution is 14.1. The van der Waals surface area contributed by atoms with Crippen molar-refractivity contribution < 1.29 is 0 Å². The number of aliphatic imine (C=N–C) groups is 1. The molecule has 0 saturated carbocycles. The van der Waals surface area contributed by atoms with E-state index in [-0.39, 0.29) is 6.04 Å². The Bertz CT molecular complexity index is 614. The van der Waals surface area contributed by atoms with Crippen LogP contribution in [0.15, 0.2) is 75.3 Å². The van der Waals surface area contributed by atoms with Crippen molar-refractivity contribution in [1.82, 2.24) is 0 Å². The molecule has 0 aliphatic carbocycles. The van der Waals surface area contributed by atoms with Gasteiger partial charge in [-0.3, -0.25) is 4.99 Å². The van der Waals surface area contributed by atoms with Gasteiger partial charge in [0.2, 0.25) is 0 Å². The molecule has 1 aliphatic heterocycles. The van der Waals surface area contributed by atoms with Gasteiger partial charge in [-0.05, 0) is 43.4 Å². The molecule has 0 spiro atoms. The van der Waals surface area contributed by atoms with Gasteiger partial charge in [-0.25, -0.2) is 0 Å². The molecule has 2 aromatic rings. The van der Waals surface area contributed by atoms with E-state index in [0.29, 0.717) is 0 Å². The smallest absolute Gasteiger partial charge is 0.0801 e. The Morgan fingerprint density at radius 2 is 1.53 bits per heavy atom. The zero-order chi connectivity index (χ0) is 13.1. The molecule has 1 unspecified atom stereocenters. The first-order valence-electron chi connectivity index (χ1n) is 6.37. The third-order valence-electron chi connectivity index (χ3n) is 3.23. The molecule has 1 nitrogen and oxygen atoms in total. The molecule has 0 fully saturated rings. The van der Waals surface area contributed by atoms with Gasteiger partial charge in [0.25, 0.3) is 0 Å². The standard InChI is InChI=1S/C17H14IN/c18-15-11-16(13-7-3-1-4-8-13)19-17(12-15)14-9-5-2-6-10-14/h1-11,17H,12H2. The minimum Gasteiger partial charge on any atom is -0.276 e.